The van der Waals surface area contributed by atoms with Crippen molar-refractivity contribution in [2.24, 2.45) is 0 Å². The highest BCUT2D eigenvalue weighted by molar-refractivity contribution is 5.92. The molecule has 3 rings (SSSR count). The van der Waals surface area contributed by atoms with E-state index in [1.54, 1.807) is 24.3 Å². The van der Waals surface area contributed by atoms with Crippen molar-refractivity contribution < 1.29 is 14.5 Å². The van der Waals surface area contributed by atoms with Gasteiger partial charge in [-0.3, -0.25) is 14.9 Å². The van der Waals surface area contributed by atoms with E-state index in [9.17, 15) is 14.9 Å². The van der Waals surface area contributed by atoms with Crippen molar-refractivity contribution in [1.82, 2.24) is 4.98 Å². The maximum atomic E-state index is 12.1. The first-order valence-corrected chi connectivity index (χ1v) is 8.26. The Bertz CT molecular complexity index is 910. The standard InChI is InChI=1S/C20H17N3O4/c24-19(12-15-6-9-18(10-7-15)23(25)26)22-17-8-11-20(21-13-17)27-14-16-4-2-1-3-5-16/h1-11,13H,12,14H2,(H,22,24). The minimum Gasteiger partial charge on any atom is -0.473 e. The van der Waals surface area contributed by atoms with Crippen LogP contribution in [0, 0.1) is 10.1 Å². The number of nitrogens with zero attached hydrogens (tertiary/aromatic N) is 2. The number of benzene rings is 2. The average Bonchev–Trinajstić information content (AvgIpc) is 2.68. The Balaban J connectivity index is 1.51. The molecule has 0 fully saturated rings. The maximum Gasteiger partial charge on any atom is 0.269 e. The third kappa shape index (κ3) is 5.37. The highest BCUT2D eigenvalue weighted by atomic mass is 16.6. The summed E-state index contributed by atoms with van der Waals surface area (Å²) in [5.74, 6) is 0.232. The van der Waals surface area contributed by atoms with Crippen LogP contribution >= 0.6 is 0 Å². The molecule has 7 nitrogen and oxygen atoms in total. The summed E-state index contributed by atoms with van der Waals surface area (Å²) >= 11 is 0. The molecule has 0 aliphatic rings. The molecule has 0 aliphatic carbocycles. The Hall–Kier alpha value is -3.74. The van der Waals surface area contributed by atoms with Gasteiger partial charge in [-0.25, -0.2) is 4.98 Å². The lowest BCUT2D eigenvalue weighted by Crippen LogP contribution is -2.14. The summed E-state index contributed by atoms with van der Waals surface area (Å²) < 4.78 is 5.60. The number of nitro groups is 1. The second-order valence-corrected chi connectivity index (χ2v) is 5.81. The van der Waals surface area contributed by atoms with Crippen LogP contribution in [0.3, 0.4) is 0 Å². The number of anilines is 1. The summed E-state index contributed by atoms with van der Waals surface area (Å²) in [6.07, 6.45) is 1.64. The highest BCUT2D eigenvalue weighted by Gasteiger charge is 2.08. The second kappa shape index (κ2) is 8.57. The minimum absolute atomic E-state index is 0.00514. The highest BCUT2D eigenvalue weighted by Crippen LogP contribution is 2.15. The molecule has 1 heterocycles. The number of carbonyl (C=O) groups is 1. The van der Waals surface area contributed by atoms with Crippen LogP contribution < -0.4 is 10.1 Å². The largest absolute Gasteiger partial charge is 0.473 e. The topological polar surface area (TPSA) is 94.4 Å². The summed E-state index contributed by atoms with van der Waals surface area (Å²) in [4.78, 5) is 26.4. The van der Waals surface area contributed by atoms with Crippen LogP contribution in [0.2, 0.25) is 0 Å². The van der Waals surface area contributed by atoms with Crippen LogP contribution in [0.4, 0.5) is 11.4 Å². The van der Waals surface area contributed by atoms with E-state index in [1.807, 2.05) is 30.3 Å². The third-order valence-electron chi connectivity index (χ3n) is 3.76. The molecule has 0 unspecified atom stereocenters. The zero-order valence-electron chi connectivity index (χ0n) is 14.4. The zero-order chi connectivity index (χ0) is 19.1. The predicted octanol–water partition coefficient (Wildman–Crippen LogP) is 3.75. The van der Waals surface area contributed by atoms with E-state index < -0.39 is 4.92 Å². The molecule has 1 N–H and O–H groups in total. The van der Waals surface area contributed by atoms with Crippen LogP contribution in [0.5, 0.6) is 5.88 Å². The monoisotopic (exact) mass is 363 g/mol. The van der Waals surface area contributed by atoms with E-state index in [0.717, 1.165) is 5.56 Å². The lowest BCUT2D eigenvalue weighted by Gasteiger charge is -2.08. The number of pyridine rings is 1. The lowest BCUT2D eigenvalue weighted by molar-refractivity contribution is -0.384. The number of nitrogens with one attached hydrogen (secondary N) is 1. The van der Waals surface area contributed by atoms with Gasteiger partial charge >= 0.3 is 0 Å². The van der Waals surface area contributed by atoms with Gasteiger partial charge in [-0.05, 0) is 17.2 Å². The number of amides is 1. The van der Waals surface area contributed by atoms with E-state index in [4.69, 9.17) is 4.74 Å². The number of rotatable bonds is 7. The van der Waals surface area contributed by atoms with Crippen LogP contribution in [-0.4, -0.2) is 15.8 Å². The van der Waals surface area contributed by atoms with E-state index >= 15 is 0 Å². The Morgan fingerprint density at radius 2 is 1.74 bits per heavy atom. The van der Waals surface area contributed by atoms with Crippen molar-refractivity contribution in [2.75, 3.05) is 5.32 Å². The van der Waals surface area contributed by atoms with Crippen molar-refractivity contribution >= 4 is 17.3 Å². The van der Waals surface area contributed by atoms with E-state index in [1.165, 1.54) is 18.3 Å². The molecular weight excluding hydrogens is 346 g/mol. The number of hydrogen-bond acceptors (Lipinski definition) is 5. The average molecular weight is 363 g/mol. The van der Waals surface area contributed by atoms with Crippen molar-refractivity contribution in [3.8, 4) is 5.88 Å². The van der Waals surface area contributed by atoms with Crippen LogP contribution in [-0.2, 0) is 17.8 Å². The molecule has 0 aliphatic heterocycles. The smallest absolute Gasteiger partial charge is 0.269 e. The van der Waals surface area contributed by atoms with Gasteiger partial charge in [-0.2, -0.15) is 0 Å². The van der Waals surface area contributed by atoms with Crippen molar-refractivity contribution in [2.45, 2.75) is 13.0 Å². The molecule has 2 aromatic carbocycles. The summed E-state index contributed by atoms with van der Waals surface area (Å²) in [5.41, 5.74) is 2.28. The van der Waals surface area contributed by atoms with Gasteiger partial charge in [-0.15, -0.1) is 0 Å². The molecular formula is C20H17N3O4. The number of ether oxygens (including phenoxy) is 1. The van der Waals surface area contributed by atoms with E-state index in [-0.39, 0.29) is 18.0 Å². The maximum absolute atomic E-state index is 12.1. The molecule has 0 spiro atoms. The normalized spacial score (nSPS) is 10.2. The third-order valence-corrected chi connectivity index (χ3v) is 3.76. The predicted molar refractivity (Wildman–Crippen MR) is 100 cm³/mol. The summed E-state index contributed by atoms with van der Waals surface area (Å²) in [6.45, 7) is 0.416. The van der Waals surface area contributed by atoms with Gasteiger partial charge in [0.1, 0.15) is 6.61 Å². The van der Waals surface area contributed by atoms with Crippen LogP contribution in [0.15, 0.2) is 72.9 Å². The number of hydrogen-bond donors (Lipinski definition) is 1. The molecule has 3 aromatic rings. The number of nitro benzene ring substituents is 1. The quantitative estimate of drug-likeness (QED) is 0.509. The minimum atomic E-state index is -0.475. The van der Waals surface area contributed by atoms with E-state index in [2.05, 4.69) is 10.3 Å². The Morgan fingerprint density at radius 1 is 1.00 bits per heavy atom. The van der Waals surface area contributed by atoms with Crippen molar-refractivity contribution in [3.63, 3.8) is 0 Å². The van der Waals surface area contributed by atoms with Crippen molar-refractivity contribution in [3.05, 3.63) is 94.2 Å². The van der Waals surface area contributed by atoms with Crippen LogP contribution in [0.25, 0.3) is 0 Å². The first-order valence-electron chi connectivity index (χ1n) is 8.26. The van der Waals surface area contributed by atoms with Gasteiger partial charge < -0.3 is 10.1 Å². The number of non-ortho nitro benzene ring substituents is 1. The Labute approximate surface area is 155 Å². The number of carbonyl (C=O) groups excluding carboxylic acids is 1. The molecule has 0 saturated heterocycles. The summed E-state index contributed by atoms with van der Waals surface area (Å²) in [5, 5.41) is 13.4. The lowest BCUT2D eigenvalue weighted by atomic mass is 10.1. The van der Waals surface area contributed by atoms with Gasteiger partial charge in [0.25, 0.3) is 5.69 Å². The fourth-order valence-corrected chi connectivity index (χ4v) is 2.40. The fraction of sp³-hybridized carbons (Fsp3) is 0.100. The molecule has 0 saturated carbocycles. The molecule has 1 amide bonds. The van der Waals surface area contributed by atoms with Gasteiger partial charge in [0.2, 0.25) is 11.8 Å². The second-order valence-electron chi connectivity index (χ2n) is 5.81. The first kappa shape index (κ1) is 18.1. The van der Waals surface area contributed by atoms with Gasteiger partial charge in [-0.1, -0.05) is 42.5 Å². The fourth-order valence-electron chi connectivity index (χ4n) is 2.40. The van der Waals surface area contributed by atoms with Crippen LogP contribution in [0.1, 0.15) is 11.1 Å². The Morgan fingerprint density at radius 3 is 2.37 bits per heavy atom. The SMILES string of the molecule is O=C(Cc1ccc([N+](=O)[O-])cc1)Nc1ccc(OCc2ccccc2)nc1. The molecule has 136 valence electrons. The summed E-state index contributed by atoms with van der Waals surface area (Å²) in [7, 11) is 0. The zero-order valence-corrected chi connectivity index (χ0v) is 14.4. The van der Waals surface area contributed by atoms with Crippen molar-refractivity contribution in [1.29, 1.82) is 0 Å². The molecule has 0 radical (unpaired) electrons. The van der Waals surface area contributed by atoms with E-state index in [0.29, 0.717) is 23.7 Å². The molecule has 0 atom stereocenters. The molecule has 7 heteroatoms. The van der Waals surface area contributed by atoms with Gasteiger partial charge in [0.05, 0.1) is 23.2 Å². The Kier molecular flexibility index (Phi) is 5.73. The van der Waals surface area contributed by atoms with Gasteiger partial charge in [0, 0.05) is 18.2 Å². The molecule has 1 aromatic heterocycles. The molecule has 0 bridgehead atoms. The summed E-state index contributed by atoms with van der Waals surface area (Å²) in [6, 6.07) is 19.0. The molecule has 27 heavy (non-hydrogen) atoms. The first-order chi connectivity index (χ1) is 13.1. The number of aromatic nitrogens is 1. The van der Waals surface area contributed by atoms with Gasteiger partial charge in [0.15, 0.2) is 0 Å².